The lowest BCUT2D eigenvalue weighted by Crippen LogP contribution is -2.42. The van der Waals surface area contributed by atoms with Crippen molar-refractivity contribution in [3.8, 4) is 0 Å². The molecule has 22 heavy (non-hydrogen) atoms. The molecule has 0 radical (unpaired) electrons. The van der Waals surface area contributed by atoms with E-state index in [0.29, 0.717) is 0 Å². The maximum absolute atomic E-state index is 13.1. The third-order valence-electron chi connectivity index (χ3n) is 2.98. The zero-order valence-corrected chi connectivity index (χ0v) is 11.9. The van der Waals surface area contributed by atoms with Crippen molar-refractivity contribution in [3.63, 3.8) is 0 Å². The summed E-state index contributed by atoms with van der Waals surface area (Å²) in [5, 5.41) is 9.99. The highest BCUT2D eigenvalue weighted by molar-refractivity contribution is 5.89. The van der Waals surface area contributed by atoms with Crippen LogP contribution >= 0.6 is 0 Å². The Hall–Kier alpha value is -1.70. The number of rotatable bonds is 5. The van der Waals surface area contributed by atoms with Gasteiger partial charge in [0.1, 0.15) is 0 Å². The van der Waals surface area contributed by atoms with Crippen LogP contribution in [-0.2, 0) is 10.3 Å². The topological polar surface area (TPSA) is 46.5 Å². The van der Waals surface area contributed by atoms with Crippen LogP contribution in [-0.4, -0.2) is 29.8 Å². The highest BCUT2D eigenvalue weighted by Gasteiger charge is 2.60. The fraction of sp³-hybridized carbons (Fsp3) is 0.500. The Labute approximate surface area is 123 Å². The summed E-state index contributed by atoms with van der Waals surface area (Å²) in [6, 6.07) is 4.76. The normalized spacial score (nSPS) is 15.3. The van der Waals surface area contributed by atoms with Gasteiger partial charge in [-0.15, -0.1) is 0 Å². The standard InChI is InChI=1S/C14H15F5O3/c1-3-22-11(20)9-5-4-6-10(7-9)12(2,21)8-13(15,16)14(17,18)19/h4-7,21H,3,8H2,1-2H3. The lowest BCUT2D eigenvalue weighted by atomic mass is 9.88. The van der Waals surface area contributed by atoms with Crippen LogP contribution < -0.4 is 0 Å². The number of hydrogen-bond donors (Lipinski definition) is 1. The Bertz CT molecular complexity index is 538. The molecule has 0 aliphatic rings. The number of alkyl halides is 5. The summed E-state index contributed by atoms with van der Waals surface area (Å²) < 4.78 is 67.7. The van der Waals surface area contributed by atoms with Crippen LogP contribution in [0.25, 0.3) is 0 Å². The average molecular weight is 326 g/mol. The van der Waals surface area contributed by atoms with Crippen molar-refractivity contribution >= 4 is 5.97 Å². The number of ether oxygens (including phenoxy) is 1. The Balaban J connectivity index is 3.08. The average Bonchev–Trinajstić information content (AvgIpc) is 2.36. The van der Waals surface area contributed by atoms with Crippen molar-refractivity contribution < 1.29 is 36.6 Å². The second-order valence-electron chi connectivity index (χ2n) is 4.95. The van der Waals surface area contributed by atoms with Crippen molar-refractivity contribution in [2.24, 2.45) is 0 Å². The Morgan fingerprint density at radius 3 is 2.32 bits per heavy atom. The minimum Gasteiger partial charge on any atom is -0.462 e. The minimum atomic E-state index is -5.77. The molecule has 1 unspecified atom stereocenters. The maximum Gasteiger partial charge on any atom is 0.453 e. The highest BCUT2D eigenvalue weighted by Crippen LogP contribution is 2.43. The highest BCUT2D eigenvalue weighted by atomic mass is 19.4. The van der Waals surface area contributed by atoms with Crippen LogP contribution in [0.1, 0.15) is 36.2 Å². The molecule has 0 spiro atoms. The van der Waals surface area contributed by atoms with E-state index in [1.807, 2.05) is 0 Å². The van der Waals surface area contributed by atoms with Gasteiger partial charge in [-0.3, -0.25) is 0 Å². The lowest BCUT2D eigenvalue weighted by Gasteiger charge is -2.30. The molecule has 1 atom stereocenters. The number of hydrogen-bond acceptors (Lipinski definition) is 3. The van der Waals surface area contributed by atoms with E-state index in [9.17, 15) is 31.9 Å². The third-order valence-corrected chi connectivity index (χ3v) is 2.98. The number of carbonyl (C=O) groups excluding carboxylic acids is 1. The molecule has 3 nitrogen and oxygen atoms in total. The molecule has 1 aromatic carbocycles. The van der Waals surface area contributed by atoms with Crippen LogP contribution in [0, 0.1) is 0 Å². The van der Waals surface area contributed by atoms with Crippen molar-refractivity contribution in [3.05, 3.63) is 35.4 Å². The summed E-state index contributed by atoms with van der Waals surface area (Å²) in [6.45, 7) is 2.46. The molecule has 0 saturated heterocycles. The fourth-order valence-electron chi connectivity index (χ4n) is 1.83. The minimum absolute atomic E-state index is 0.0463. The number of aliphatic hydroxyl groups is 1. The smallest absolute Gasteiger partial charge is 0.453 e. The monoisotopic (exact) mass is 326 g/mol. The van der Waals surface area contributed by atoms with E-state index in [1.54, 1.807) is 6.92 Å². The molecular formula is C14H15F5O3. The Morgan fingerprint density at radius 1 is 1.23 bits per heavy atom. The molecular weight excluding hydrogens is 311 g/mol. The summed E-state index contributed by atoms with van der Waals surface area (Å²) in [7, 11) is 0. The molecule has 0 bridgehead atoms. The van der Waals surface area contributed by atoms with Crippen molar-refractivity contribution in [2.45, 2.75) is 38.0 Å². The first-order chi connectivity index (χ1) is 9.90. The molecule has 1 aromatic rings. The number of esters is 1. The van der Waals surface area contributed by atoms with E-state index in [0.717, 1.165) is 19.1 Å². The third kappa shape index (κ3) is 4.16. The van der Waals surface area contributed by atoms with Crippen LogP contribution in [0.15, 0.2) is 24.3 Å². The predicted molar refractivity (Wildman–Crippen MR) is 67.6 cm³/mol. The fourth-order valence-corrected chi connectivity index (χ4v) is 1.83. The Morgan fingerprint density at radius 2 is 1.82 bits per heavy atom. The van der Waals surface area contributed by atoms with Gasteiger partial charge in [-0.05, 0) is 31.5 Å². The van der Waals surface area contributed by atoms with Crippen LogP contribution in [0.4, 0.5) is 22.0 Å². The van der Waals surface area contributed by atoms with Crippen molar-refractivity contribution in [1.29, 1.82) is 0 Å². The first kappa shape index (κ1) is 18.3. The lowest BCUT2D eigenvalue weighted by molar-refractivity contribution is -0.296. The van der Waals surface area contributed by atoms with E-state index in [1.165, 1.54) is 12.1 Å². The van der Waals surface area contributed by atoms with Gasteiger partial charge < -0.3 is 9.84 Å². The molecule has 1 rings (SSSR count). The molecule has 0 saturated carbocycles. The second kappa shape index (κ2) is 6.20. The van der Waals surface area contributed by atoms with E-state index >= 15 is 0 Å². The van der Waals surface area contributed by atoms with Crippen LogP contribution in [0.3, 0.4) is 0 Å². The van der Waals surface area contributed by atoms with Gasteiger partial charge in [0, 0.05) is 0 Å². The number of halogens is 5. The van der Waals surface area contributed by atoms with Gasteiger partial charge in [-0.2, -0.15) is 22.0 Å². The predicted octanol–water partition coefficient (Wildman–Crippen LogP) is 3.66. The van der Waals surface area contributed by atoms with E-state index in [2.05, 4.69) is 0 Å². The maximum atomic E-state index is 13.1. The van der Waals surface area contributed by atoms with Gasteiger partial charge >= 0.3 is 18.1 Å². The summed E-state index contributed by atoms with van der Waals surface area (Å²) in [4.78, 5) is 11.5. The molecule has 0 heterocycles. The molecule has 8 heteroatoms. The molecule has 0 amide bonds. The van der Waals surface area contributed by atoms with E-state index < -0.39 is 30.1 Å². The van der Waals surface area contributed by atoms with Crippen molar-refractivity contribution in [2.75, 3.05) is 6.61 Å². The molecule has 1 N–H and O–H groups in total. The molecule has 0 aromatic heterocycles. The summed E-state index contributed by atoms with van der Waals surface area (Å²) in [5.74, 6) is -5.82. The van der Waals surface area contributed by atoms with Gasteiger partial charge in [0.25, 0.3) is 0 Å². The van der Waals surface area contributed by atoms with Crippen LogP contribution in [0.5, 0.6) is 0 Å². The van der Waals surface area contributed by atoms with E-state index in [-0.39, 0.29) is 17.7 Å². The zero-order valence-electron chi connectivity index (χ0n) is 11.9. The van der Waals surface area contributed by atoms with Gasteiger partial charge in [-0.1, -0.05) is 12.1 Å². The molecule has 0 aliphatic carbocycles. The molecule has 124 valence electrons. The first-order valence-electron chi connectivity index (χ1n) is 6.35. The summed E-state index contributed by atoms with van der Waals surface area (Å²) in [6.07, 6.45) is -7.62. The quantitative estimate of drug-likeness (QED) is 0.663. The zero-order chi connectivity index (χ0) is 17.2. The Kier molecular flexibility index (Phi) is 5.17. The van der Waals surface area contributed by atoms with Gasteiger partial charge in [0.15, 0.2) is 0 Å². The molecule has 0 aliphatic heterocycles. The van der Waals surface area contributed by atoms with Gasteiger partial charge in [-0.25, -0.2) is 4.79 Å². The van der Waals surface area contributed by atoms with Gasteiger partial charge in [0.2, 0.25) is 0 Å². The van der Waals surface area contributed by atoms with E-state index in [4.69, 9.17) is 4.74 Å². The SMILES string of the molecule is CCOC(=O)c1cccc(C(C)(O)CC(F)(F)C(F)(F)F)c1. The largest absolute Gasteiger partial charge is 0.462 e. The summed E-state index contributed by atoms with van der Waals surface area (Å²) in [5.41, 5.74) is -2.75. The van der Waals surface area contributed by atoms with Crippen LogP contribution in [0.2, 0.25) is 0 Å². The van der Waals surface area contributed by atoms with Gasteiger partial charge in [0.05, 0.1) is 24.2 Å². The van der Waals surface area contributed by atoms with Crippen molar-refractivity contribution in [1.82, 2.24) is 0 Å². The number of carbonyl (C=O) groups is 1. The summed E-state index contributed by atoms with van der Waals surface area (Å²) >= 11 is 0. The number of benzene rings is 1. The second-order valence-corrected chi connectivity index (χ2v) is 4.95. The molecule has 0 fully saturated rings. The first-order valence-corrected chi connectivity index (χ1v) is 6.35.